The number of hydrogen-bond donors (Lipinski definition) is 1. The van der Waals surface area contributed by atoms with Crippen LogP contribution < -0.4 is 0 Å². The zero-order chi connectivity index (χ0) is 12.0. The standard InChI is InChI=1S/C13H16O3/c1-10(2)16-9-12-6-4-3-5-11(12)7-8-13(14)15/h3-8,10H,9H2,1-2H3,(H,14,15). The van der Waals surface area contributed by atoms with Crippen molar-refractivity contribution in [1.82, 2.24) is 0 Å². The van der Waals surface area contributed by atoms with E-state index in [0.29, 0.717) is 6.61 Å². The van der Waals surface area contributed by atoms with Crippen molar-refractivity contribution in [3.8, 4) is 0 Å². The molecule has 0 aliphatic heterocycles. The van der Waals surface area contributed by atoms with Gasteiger partial charge in [-0.1, -0.05) is 24.3 Å². The van der Waals surface area contributed by atoms with Crippen LogP contribution in [0, 0.1) is 0 Å². The van der Waals surface area contributed by atoms with E-state index in [1.807, 2.05) is 38.1 Å². The Morgan fingerprint density at radius 1 is 1.44 bits per heavy atom. The lowest BCUT2D eigenvalue weighted by molar-refractivity contribution is -0.131. The molecule has 1 rings (SSSR count). The monoisotopic (exact) mass is 220 g/mol. The lowest BCUT2D eigenvalue weighted by Crippen LogP contribution is -2.03. The predicted octanol–water partition coefficient (Wildman–Crippen LogP) is 2.71. The van der Waals surface area contributed by atoms with Gasteiger partial charge in [0.15, 0.2) is 0 Å². The highest BCUT2D eigenvalue weighted by atomic mass is 16.5. The molecule has 1 aromatic carbocycles. The molecule has 1 N–H and O–H groups in total. The van der Waals surface area contributed by atoms with Gasteiger partial charge in [-0.05, 0) is 31.1 Å². The zero-order valence-corrected chi connectivity index (χ0v) is 9.51. The second kappa shape index (κ2) is 6.08. The maximum Gasteiger partial charge on any atom is 0.328 e. The number of hydrogen-bond acceptors (Lipinski definition) is 2. The van der Waals surface area contributed by atoms with Gasteiger partial charge in [-0.2, -0.15) is 0 Å². The normalized spacial score (nSPS) is 11.2. The number of rotatable bonds is 5. The number of carboxylic acids is 1. The molecular formula is C13H16O3. The molecule has 16 heavy (non-hydrogen) atoms. The first kappa shape index (κ1) is 12.5. The van der Waals surface area contributed by atoms with E-state index >= 15 is 0 Å². The molecule has 0 aromatic heterocycles. The average molecular weight is 220 g/mol. The molecule has 3 nitrogen and oxygen atoms in total. The Morgan fingerprint density at radius 3 is 2.75 bits per heavy atom. The van der Waals surface area contributed by atoms with E-state index in [4.69, 9.17) is 9.84 Å². The van der Waals surface area contributed by atoms with Gasteiger partial charge in [-0.3, -0.25) is 0 Å². The lowest BCUT2D eigenvalue weighted by Gasteiger charge is -2.09. The Kier molecular flexibility index (Phi) is 4.73. The van der Waals surface area contributed by atoms with Crippen LogP contribution in [0.2, 0.25) is 0 Å². The summed E-state index contributed by atoms with van der Waals surface area (Å²) in [6.07, 6.45) is 2.88. The summed E-state index contributed by atoms with van der Waals surface area (Å²) >= 11 is 0. The van der Waals surface area contributed by atoms with Crippen LogP contribution in [-0.2, 0) is 16.1 Å². The minimum atomic E-state index is -0.945. The van der Waals surface area contributed by atoms with Crippen molar-refractivity contribution in [2.75, 3.05) is 0 Å². The van der Waals surface area contributed by atoms with Gasteiger partial charge in [0.2, 0.25) is 0 Å². The van der Waals surface area contributed by atoms with E-state index in [1.54, 1.807) is 6.08 Å². The van der Waals surface area contributed by atoms with Gasteiger partial charge in [0.1, 0.15) is 0 Å². The molecule has 0 unspecified atom stereocenters. The molecule has 0 bridgehead atoms. The van der Waals surface area contributed by atoms with Crippen LogP contribution in [0.3, 0.4) is 0 Å². The molecule has 0 atom stereocenters. The summed E-state index contributed by atoms with van der Waals surface area (Å²) in [7, 11) is 0. The smallest absolute Gasteiger partial charge is 0.328 e. The van der Waals surface area contributed by atoms with Gasteiger partial charge < -0.3 is 9.84 Å². The largest absolute Gasteiger partial charge is 0.478 e. The fourth-order valence-corrected chi connectivity index (χ4v) is 1.25. The molecule has 0 amide bonds. The summed E-state index contributed by atoms with van der Waals surface area (Å²) < 4.78 is 5.49. The SMILES string of the molecule is CC(C)OCc1ccccc1C=CC(=O)O. The van der Waals surface area contributed by atoms with Gasteiger partial charge >= 0.3 is 5.97 Å². The second-order valence-corrected chi connectivity index (χ2v) is 3.73. The van der Waals surface area contributed by atoms with Crippen molar-refractivity contribution >= 4 is 12.0 Å². The van der Waals surface area contributed by atoms with Crippen molar-refractivity contribution in [2.24, 2.45) is 0 Å². The summed E-state index contributed by atoms with van der Waals surface area (Å²) in [6.45, 7) is 4.43. The molecular weight excluding hydrogens is 204 g/mol. The Hall–Kier alpha value is -1.61. The van der Waals surface area contributed by atoms with Crippen LogP contribution in [0.5, 0.6) is 0 Å². The molecule has 0 fully saturated rings. The van der Waals surface area contributed by atoms with Gasteiger partial charge in [0.05, 0.1) is 12.7 Å². The summed E-state index contributed by atoms with van der Waals surface area (Å²) in [5.41, 5.74) is 1.87. The van der Waals surface area contributed by atoms with Crippen molar-refractivity contribution in [3.05, 3.63) is 41.5 Å². The van der Waals surface area contributed by atoms with Gasteiger partial charge in [-0.25, -0.2) is 4.79 Å². The van der Waals surface area contributed by atoms with E-state index in [2.05, 4.69) is 0 Å². The number of benzene rings is 1. The maximum absolute atomic E-state index is 10.4. The molecule has 0 radical (unpaired) electrons. The van der Waals surface area contributed by atoms with Gasteiger partial charge in [0.25, 0.3) is 0 Å². The first-order chi connectivity index (χ1) is 7.59. The van der Waals surface area contributed by atoms with Crippen molar-refractivity contribution in [1.29, 1.82) is 0 Å². The number of carboxylic acid groups (broad SMARTS) is 1. The first-order valence-corrected chi connectivity index (χ1v) is 5.20. The zero-order valence-electron chi connectivity index (χ0n) is 9.51. The third kappa shape index (κ3) is 4.28. The van der Waals surface area contributed by atoms with Crippen molar-refractivity contribution in [2.45, 2.75) is 26.6 Å². The van der Waals surface area contributed by atoms with Crippen LogP contribution in [0.25, 0.3) is 6.08 Å². The molecule has 0 aliphatic carbocycles. The van der Waals surface area contributed by atoms with Crippen LogP contribution in [-0.4, -0.2) is 17.2 Å². The van der Waals surface area contributed by atoms with E-state index in [0.717, 1.165) is 17.2 Å². The van der Waals surface area contributed by atoms with Gasteiger partial charge in [0, 0.05) is 6.08 Å². The van der Waals surface area contributed by atoms with Crippen LogP contribution in [0.15, 0.2) is 30.3 Å². The predicted molar refractivity (Wildman–Crippen MR) is 63.0 cm³/mol. The summed E-state index contributed by atoms with van der Waals surface area (Å²) in [4.78, 5) is 10.4. The highest BCUT2D eigenvalue weighted by Crippen LogP contribution is 2.12. The molecule has 0 aliphatic rings. The van der Waals surface area contributed by atoms with E-state index in [9.17, 15) is 4.79 Å². The Labute approximate surface area is 95.4 Å². The summed E-state index contributed by atoms with van der Waals surface area (Å²) in [6, 6.07) is 7.60. The second-order valence-electron chi connectivity index (χ2n) is 3.73. The molecule has 3 heteroatoms. The van der Waals surface area contributed by atoms with Crippen LogP contribution in [0.1, 0.15) is 25.0 Å². The highest BCUT2D eigenvalue weighted by molar-refractivity contribution is 5.85. The fourth-order valence-electron chi connectivity index (χ4n) is 1.25. The Bertz CT molecular complexity index is 381. The molecule has 0 heterocycles. The topological polar surface area (TPSA) is 46.5 Å². The minimum Gasteiger partial charge on any atom is -0.478 e. The van der Waals surface area contributed by atoms with Crippen molar-refractivity contribution in [3.63, 3.8) is 0 Å². The van der Waals surface area contributed by atoms with Crippen molar-refractivity contribution < 1.29 is 14.6 Å². The Balaban J connectivity index is 2.79. The van der Waals surface area contributed by atoms with E-state index < -0.39 is 5.97 Å². The molecule has 0 spiro atoms. The molecule has 1 aromatic rings. The maximum atomic E-state index is 10.4. The quantitative estimate of drug-likeness (QED) is 0.776. The minimum absolute atomic E-state index is 0.163. The Morgan fingerprint density at radius 2 is 2.12 bits per heavy atom. The third-order valence-corrected chi connectivity index (χ3v) is 2.03. The van der Waals surface area contributed by atoms with E-state index in [1.165, 1.54) is 0 Å². The molecule has 86 valence electrons. The van der Waals surface area contributed by atoms with E-state index in [-0.39, 0.29) is 6.10 Å². The first-order valence-electron chi connectivity index (χ1n) is 5.20. The van der Waals surface area contributed by atoms with Gasteiger partial charge in [-0.15, -0.1) is 0 Å². The van der Waals surface area contributed by atoms with Crippen LogP contribution >= 0.6 is 0 Å². The number of carbonyl (C=O) groups is 1. The average Bonchev–Trinajstić information content (AvgIpc) is 2.24. The number of ether oxygens (including phenoxy) is 1. The highest BCUT2D eigenvalue weighted by Gasteiger charge is 2.01. The van der Waals surface area contributed by atoms with Crippen LogP contribution in [0.4, 0.5) is 0 Å². The summed E-state index contributed by atoms with van der Waals surface area (Å²) in [5.74, 6) is -0.945. The summed E-state index contributed by atoms with van der Waals surface area (Å²) in [5, 5.41) is 8.57. The molecule has 0 saturated heterocycles. The lowest BCUT2D eigenvalue weighted by atomic mass is 10.1. The molecule has 0 saturated carbocycles. The number of aliphatic carboxylic acids is 1. The fraction of sp³-hybridized carbons (Fsp3) is 0.308. The third-order valence-electron chi connectivity index (χ3n) is 2.03.